The average molecular weight is 552 g/mol. The summed E-state index contributed by atoms with van der Waals surface area (Å²) in [5.41, 5.74) is 2.14. The van der Waals surface area contributed by atoms with Gasteiger partial charge in [0, 0.05) is 39.8 Å². The first-order chi connectivity index (χ1) is 15.0. The summed E-state index contributed by atoms with van der Waals surface area (Å²) in [5, 5.41) is 6.66. The second-order valence-electron chi connectivity index (χ2n) is 7.87. The van der Waals surface area contributed by atoms with E-state index in [1.165, 1.54) is 17.7 Å². The molecule has 2 aromatic carbocycles. The number of nitrogens with one attached hydrogen (secondary N) is 2. The zero-order valence-electron chi connectivity index (χ0n) is 19.0. The topological polar surface area (TPSA) is 75.2 Å². The molecule has 7 nitrogen and oxygen atoms in total. The lowest BCUT2D eigenvalue weighted by Crippen LogP contribution is -2.36. The third kappa shape index (κ3) is 8.57. The van der Waals surface area contributed by atoms with E-state index >= 15 is 0 Å². The van der Waals surface area contributed by atoms with Crippen LogP contribution in [0.4, 0.5) is 0 Å². The van der Waals surface area contributed by atoms with Crippen molar-refractivity contribution in [2.75, 3.05) is 34.4 Å². The summed E-state index contributed by atoms with van der Waals surface area (Å²) in [6, 6.07) is 15.8. The Balaban J connectivity index is 0.00000363. The Hall–Kier alpha value is -2.49. The molecule has 8 heteroatoms. The molecule has 0 bridgehead atoms. The Morgan fingerprint density at radius 3 is 2.53 bits per heavy atom. The smallest absolute Gasteiger partial charge is 0.259 e. The van der Waals surface area contributed by atoms with Gasteiger partial charge >= 0.3 is 0 Å². The summed E-state index contributed by atoms with van der Waals surface area (Å²) in [7, 11) is 5.17. The summed E-state index contributed by atoms with van der Waals surface area (Å²) in [6.07, 6.45) is 2.55. The predicted octanol–water partition coefficient (Wildman–Crippen LogP) is 3.43. The number of benzene rings is 2. The number of hydrogen-bond acceptors (Lipinski definition) is 4. The molecule has 0 aliphatic heterocycles. The number of halogens is 1. The van der Waals surface area contributed by atoms with Crippen LogP contribution < -0.4 is 20.1 Å². The minimum atomic E-state index is -0.0745. The highest BCUT2D eigenvalue weighted by molar-refractivity contribution is 14.0. The molecular formula is C24H33IN4O3. The number of guanidine groups is 1. The molecule has 0 aromatic heterocycles. The summed E-state index contributed by atoms with van der Waals surface area (Å²) in [5.74, 6) is 2.94. The van der Waals surface area contributed by atoms with E-state index < -0.39 is 0 Å². The molecule has 0 heterocycles. The van der Waals surface area contributed by atoms with Gasteiger partial charge in [-0.05, 0) is 42.5 Å². The van der Waals surface area contributed by atoms with E-state index in [0.29, 0.717) is 24.8 Å². The van der Waals surface area contributed by atoms with Crippen molar-refractivity contribution in [3.8, 4) is 11.5 Å². The lowest BCUT2D eigenvalue weighted by atomic mass is 10.2. The van der Waals surface area contributed by atoms with E-state index in [1.54, 1.807) is 21.1 Å². The summed E-state index contributed by atoms with van der Waals surface area (Å²) >= 11 is 0. The first-order valence-electron chi connectivity index (χ1n) is 10.6. The number of carbonyl (C=O) groups excluding carboxylic acids is 1. The van der Waals surface area contributed by atoms with Gasteiger partial charge in [-0.2, -0.15) is 0 Å². The van der Waals surface area contributed by atoms with Crippen molar-refractivity contribution in [1.82, 2.24) is 15.5 Å². The summed E-state index contributed by atoms with van der Waals surface area (Å²) in [6.45, 7) is 2.02. The van der Waals surface area contributed by atoms with Crippen molar-refractivity contribution in [3.63, 3.8) is 0 Å². The molecule has 3 rings (SSSR count). The van der Waals surface area contributed by atoms with Crippen molar-refractivity contribution < 1.29 is 14.3 Å². The lowest BCUT2D eigenvalue weighted by Gasteiger charge is -2.15. The number of rotatable bonds is 10. The zero-order chi connectivity index (χ0) is 22.1. The van der Waals surface area contributed by atoms with Crippen LogP contribution in [0.3, 0.4) is 0 Å². The maximum atomic E-state index is 11.7. The number of nitrogens with zero attached hydrogens (tertiary/aromatic N) is 2. The fourth-order valence-corrected chi connectivity index (χ4v) is 2.89. The van der Waals surface area contributed by atoms with Crippen LogP contribution in [0.15, 0.2) is 53.5 Å². The van der Waals surface area contributed by atoms with Crippen molar-refractivity contribution >= 4 is 35.8 Å². The number of ether oxygens (including phenoxy) is 2. The van der Waals surface area contributed by atoms with Gasteiger partial charge in [-0.15, -0.1) is 24.0 Å². The van der Waals surface area contributed by atoms with Crippen LogP contribution in [0, 0.1) is 5.92 Å². The number of likely N-dealkylation sites (N-methyl/N-ethyl adjacent to an activating group) is 1. The molecule has 0 saturated heterocycles. The second-order valence-corrected chi connectivity index (χ2v) is 7.87. The van der Waals surface area contributed by atoms with Gasteiger partial charge in [0.05, 0.1) is 6.61 Å². The Labute approximate surface area is 207 Å². The Morgan fingerprint density at radius 2 is 1.81 bits per heavy atom. The number of aliphatic imine (C=N–C) groups is 1. The molecule has 0 atom stereocenters. The quantitative estimate of drug-likeness (QED) is 0.269. The fraction of sp³-hybridized carbons (Fsp3) is 0.417. The van der Waals surface area contributed by atoms with Gasteiger partial charge in [-0.1, -0.05) is 30.3 Å². The second kappa shape index (κ2) is 13.1. The predicted molar refractivity (Wildman–Crippen MR) is 138 cm³/mol. The van der Waals surface area contributed by atoms with Crippen molar-refractivity contribution in [1.29, 1.82) is 0 Å². The molecule has 2 aromatic rings. The highest BCUT2D eigenvalue weighted by Crippen LogP contribution is 2.30. The minimum absolute atomic E-state index is 0. The SMILES string of the molecule is CN=C(NCc1cccc(OCC(=O)N(C)C)c1)NCc1ccccc1OCC1CC1.I. The van der Waals surface area contributed by atoms with Crippen LogP contribution in [0.2, 0.25) is 0 Å². The van der Waals surface area contributed by atoms with Gasteiger partial charge in [-0.3, -0.25) is 9.79 Å². The third-order valence-electron chi connectivity index (χ3n) is 5.03. The molecule has 1 aliphatic rings. The first-order valence-corrected chi connectivity index (χ1v) is 10.6. The summed E-state index contributed by atoms with van der Waals surface area (Å²) < 4.78 is 11.6. The zero-order valence-corrected chi connectivity index (χ0v) is 21.3. The Morgan fingerprint density at radius 1 is 1.06 bits per heavy atom. The van der Waals surface area contributed by atoms with E-state index in [9.17, 15) is 4.79 Å². The maximum absolute atomic E-state index is 11.7. The normalized spacial score (nSPS) is 13.0. The van der Waals surface area contributed by atoms with E-state index in [-0.39, 0.29) is 36.5 Å². The van der Waals surface area contributed by atoms with Crippen molar-refractivity contribution in [3.05, 3.63) is 59.7 Å². The molecule has 1 amide bonds. The van der Waals surface area contributed by atoms with Crippen LogP contribution in [-0.4, -0.2) is 51.1 Å². The Kier molecular flexibility index (Phi) is 10.6. The van der Waals surface area contributed by atoms with Gasteiger partial charge in [0.2, 0.25) is 0 Å². The first kappa shape index (κ1) is 25.8. The van der Waals surface area contributed by atoms with E-state index in [2.05, 4.69) is 21.7 Å². The van der Waals surface area contributed by atoms with Crippen LogP contribution in [0.25, 0.3) is 0 Å². The molecule has 1 aliphatic carbocycles. The van der Waals surface area contributed by atoms with Gasteiger partial charge in [0.1, 0.15) is 11.5 Å². The number of para-hydroxylation sites is 1. The monoisotopic (exact) mass is 552 g/mol. The van der Waals surface area contributed by atoms with E-state index in [0.717, 1.165) is 29.4 Å². The van der Waals surface area contributed by atoms with Crippen LogP contribution >= 0.6 is 24.0 Å². The molecule has 0 unspecified atom stereocenters. The molecule has 0 spiro atoms. The molecule has 2 N–H and O–H groups in total. The van der Waals surface area contributed by atoms with Crippen molar-refractivity contribution in [2.45, 2.75) is 25.9 Å². The van der Waals surface area contributed by atoms with E-state index in [4.69, 9.17) is 9.47 Å². The minimum Gasteiger partial charge on any atom is -0.493 e. The summed E-state index contributed by atoms with van der Waals surface area (Å²) in [4.78, 5) is 17.5. The molecule has 1 fully saturated rings. The van der Waals surface area contributed by atoms with Crippen LogP contribution in [0.5, 0.6) is 11.5 Å². The highest BCUT2D eigenvalue weighted by Gasteiger charge is 2.22. The van der Waals surface area contributed by atoms with Gasteiger partial charge in [0.25, 0.3) is 5.91 Å². The number of hydrogen-bond donors (Lipinski definition) is 2. The highest BCUT2D eigenvalue weighted by atomic mass is 127. The Bertz CT molecular complexity index is 900. The molecule has 174 valence electrons. The largest absolute Gasteiger partial charge is 0.493 e. The fourth-order valence-electron chi connectivity index (χ4n) is 2.89. The van der Waals surface area contributed by atoms with Crippen LogP contribution in [0.1, 0.15) is 24.0 Å². The lowest BCUT2D eigenvalue weighted by molar-refractivity contribution is -0.130. The number of amides is 1. The molecular weight excluding hydrogens is 519 g/mol. The van der Waals surface area contributed by atoms with Crippen LogP contribution in [-0.2, 0) is 17.9 Å². The standard InChI is InChI=1S/C24H32N4O3.HI/c1-25-24(27-15-20-8-4-5-10-22(20)31-16-18-11-12-18)26-14-19-7-6-9-21(13-19)30-17-23(29)28(2)3;/h4-10,13,18H,11-12,14-17H2,1-3H3,(H2,25,26,27);1H. The van der Waals surface area contributed by atoms with Gasteiger partial charge < -0.3 is 25.0 Å². The average Bonchev–Trinajstić information content (AvgIpc) is 3.61. The molecule has 32 heavy (non-hydrogen) atoms. The van der Waals surface area contributed by atoms with Gasteiger partial charge in [-0.25, -0.2) is 0 Å². The van der Waals surface area contributed by atoms with E-state index in [1.807, 2.05) is 42.5 Å². The molecule has 1 saturated carbocycles. The number of carbonyl (C=O) groups is 1. The molecule has 0 radical (unpaired) electrons. The van der Waals surface area contributed by atoms with Gasteiger partial charge in [0.15, 0.2) is 12.6 Å². The third-order valence-corrected chi connectivity index (χ3v) is 5.03. The van der Waals surface area contributed by atoms with Crippen molar-refractivity contribution in [2.24, 2.45) is 10.9 Å². The maximum Gasteiger partial charge on any atom is 0.259 e.